The number of aromatic nitrogens is 1. The third-order valence-corrected chi connectivity index (χ3v) is 3.89. The molecule has 0 aliphatic carbocycles. The summed E-state index contributed by atoms with van der Waals surface area (Å²) in [5, 5.41) is 6.42. The second-order valence-corrected chi connectivity index (χ2v) is 5.05. The number of amides is 1. The Morgan fingerprint density at radius 3 is 3.06 bits per heavy atom. The molecule has 2 aliphatic rings. The molecular weight excluding hydrogens is 214 g/mol. The van der Waals surface area contributed by atoms with E-state index in [9.17, 15) is 4.79 Å². The lowest BCUT2D eigenvalue weighted by Crippen LogP contribution is -2.33. The van der Waals surface area contributed by atoms with E-state index in [1.165, 1.54) is 6.42 Å². The van der Waals surface area contributed by atoms with Crippen LogP contribution in [0.3, 0.4) is 0 Å². The number of nitrogens with zero attached hydrogens (tertiary/aromatic N) is 1. The van der Waals surface area contributed by atoms with Crippen LogP contribution in [0.1, 0.15) is 24.8 Å². The molecule has 0 aromatic carbocycles. The van der Waals surface area contributed by atoms with Gasteiger partial charge in [-0.15, -0.1) is 0 Å². The Hall–Kier alpha value is -1.42. The number of nitrogens with one attached hydrogen (secondary N) is 2. The summed E-state index contributed by atoms with van der Waals surface area (Å²) in [7, 11) is 0. The van der Waals surface area contributed by atoms with Crippen LogP contribution in [0.15, 0.2) is 18.3 Å². The summed E-state index contributed by atoms with van der Waals surface area (Å²) in [5.74, 6) is 0.932. The van der Waals surface area contributed by atoms with E-state index in [1.807, 2.05) is 19.1 Å². The number of hydrogen-bond donors (Lipinski definition) is 2. The second-order valence-electron chi connectivity index (χ2n) is 5.05. The molecule has 0 radical (unpaired) electrons. The zero-order valence-electron chi connectivity index (χ0n) is 9.94. The van der Waals surface area contributed by atoms with E-state index < -0.39 is 0 Å². The van der Waals surface area contributed by atoms with Gasteiger partial charge in [-0.05, 0) is 37.8 Å². The number of anilines is 1. The third-order valence-electron chi connectivity index (χ3n) is 3.89. The summed E-state index contributed by atoms with van der Waals surface area (Å²) in [5.41, 5.74) is 1.01. The maximum Gasteiger partial charge on any atom is 0.230 e. The van der Waals surface area contributed by atoms with Gasteiger partial charge in [0, 0.05) is 18.3 Å². The maximum absolute atomic E-state index is 12.2. The Labute approximate surface area is 101 Å². The predicted molar refractivity (Wildman–Crippen MR) is 65.7 cm³/mol. The van der Waals surface area contributed by atoms with Crippen molar-refractivity contribution in [3.05, 3.63) is 23.9 Å². The van der Waals surface area contributed by atoms with Crippen molar-refractivity contribution in [2.45, 2.75) is 38.3 Å². The lowest BCUT2D eigenvalue weighted by Gasteiger charge is -2.19. The first-order valence-electron chi connectivity index (χ1n) is 6.22. The lowest BCUT2D eigenvalue weighted by atomic mass is 9.88. The topological polar surface area (TPSA) is 54.0 Å². The monoisotopic (exact) mass is 231 g/mol. The highest BCUT2D eigenvalue weighted by atomic mass is 16.2. The molecule has 3 atom stereocenters. The van der Waals surface area contributed by atoms with Crippen LogP contribution in [-0.2, 0) is 4.79 Å². The molecule has 3 rings (SSSR count). The van der Waals surface area contributed by atoms with Crippen LogP contribution in [0, 0.1) is 12.8 Å². The Balaban J connectivity index is 1.70. The fourth-order valence-corrected chi connectivity index (χ4v) is 2.94. The van der Waals surface area contributed by atoms with Crippen molar-refractivity contribution in [3.8, 4) is 0 Å². The Morgan fingerprint density at radius 2 is 2.41 bits per heavy atom. The molecule has 1 amide bonds. The largest absolute Gasteiger partial charge is 0.310 e. The zero-order chi connectivity index (χ0) is 11.8. The van der Waals surface area contributed by atoms with Gasteiger partial charge in [0.25, 0.3) is 0 Å². The predicted octanol–water partition coefficient (Wildman–Crippen LogP) is 1.47. The Morgan fingerprint density at radius 1 is 1.53 bits per heavy atom. The fraction of sp³-hybridized carbons (Fsp3) is 0.538. The molecule has 2 saturated heterocycles. The first kappa shape index (κ1) is 10.7. The van der Waals surface area contributed by atoms with Gasteiger partial charge in [0.15, 0.2) is 0 Å². The third kappa shape index (κ3) is 1.93. The van der Waals surface area contributed by atoms with E-state index in [2.05, 4.69) is 15.6 Å². The van der Waals surface area contributed by atoms with Crippen LogP contribution in [0.5, 0.6) is 0 Å². The van der Waals surface area contributed by atoms with Gasteiger partial charge in [-0.1, -0.05) is 6.07 Å². The second kappa shape index (κ2) is 4.11. The molecule has 1 aromatic rings. The van der Waals surface area contributed by atoms with Crippen LogP contribution in [-0.4, -0.2) is 23.0 Å². The highest BCUT2D eigenvalue weighted by molar-refractivity contribution is 5.93. The van der Waals surface area contributed by atoms with Crippen LogP contribution in [0.2, 0.25) is 0 Å². The molecule has 4 heteroatoms. The first-order chi connectivity index (χ1) is 8.24. The molecule has 2 aliphatic heterocycles. The number of carbonyl (C=O) groups is 1. The van der Waals surface area contributed by atoms with Gasteiger partial charge in [0.2, 0.25) is 5.91 Å². The lowest BCUT2D eigenvalue weighted by molar-refractivity contribution is -0.120. The van der Waals surface area contributed by atoms with Crippen molar-refractivity contribution in [2.24, 2.45) is 5.92 Å². The minimum Gasteiger partial charge on any atom is -0.310 e. The molecule has 90 valence electrons. The van der Waals surface area contributed by atoms with Gasteiger partial charge in [-0.2, -0.15) is 0 Å². The van der Waals surface area contributed by atoms with Gasteiger partial charge in [0.1, 0.15) is 5.82 Å². The summed E-state index contributed by atoms with van der Waals surface area (Å²) in [6, 6.07) is 4.77. The van der Waals surface area contributed by atoms with Crippen molar-refractivity contribution in [3.63, 3.8) is 0 Å². The maximum atomic E-state index is 12.2. The molecule has 17 heavy (non-hydrogen) atoms. The highest BCUT2D eigenvalue weighted by Gasteiger charge is 2.42. The molecule has 1 aromatic heterocycles. The van der Waals surface area contributed by atoms with E-state index in [0.717, 1.165) is 18.4 Å². The minimum absolute atomic E-state index is 0.117. The number of aryl methyl sites for hydroxylation is 1. The molecule has 3 heterocycles. The average molecular weight is 231 g/mol. The van der Waals surface area contributed by atoms with Gasteiger partial charge >= 0.3 is 0 Å². The van der Waals surface area contributed by atoms with E-state index >= 15 is 0 Å². The highest BCUT2D eigenvalue weighted by Crippen LogP contribution is 2.33. The summed E-state index contributed by atoms with van der Waals surface area (Å²) in [6.07, 6.45) is 5.03. The normalized spacial score (nSPS) is 30.5. The van der Waals surface area contributed by atoms with Crippen LogP contribution in [0.25, 0.3) is 0 Å². The molecule has 2 bridgehead atoms. The number of carbonyl (C=O) groups excluding carboxylic acids is 1. The van der Waals surface area contributed by atoms with E-state index in [0.29, 0.717) is 17.9 Å². The Bertz CT molecular complexity index is 446. The van der Waals surface area contributed by atoms with Crippen molar-refractivity contribution in [1.82, 2.24) is 10.3 Å². The number of hydrogen-bond acceptors (Lipinski definition) is 3. The molecule has 0 saturated carbocycles. The SMILES string of the molecule is Cc1cccnc1NC(=O)C1CC2CCC1N2. The number of pyridine rings is 1. The standard InChI is InChI=1S/C13H17N3O/c1-8-3-2-6-14-12(8)16-13(17)10-7-9-4-5-11(10)15-9/h2-3,6,9-11,15H,4-5,7H2,1H3,(H,14,16,17). The number of fused-ring (bicyclic) bond motifs is 2. The molecular formula is C13H17N3O. The molecule has 3 unspecified atom stereocenters. The molecule has 4 nitrogen and oxygen atoms in total. The van der Waals surface area contributed by atoms with Gasteiger partial charge < -0.3 is 10.6 Å². The smallest absolute Gasteiger partial charge is 0.230 e. The molecule has 2 N–H and O–H groups in total. The average Bonchev–Trinajstić information content (AvgIpc) is 2.94. The van der Waals surface area contributed by atoms with Crippen LogP contribution >= 0.6 is 0 Å². The van der Waals surface area contributed by atoms with Crippen LogP contribution < -0.4 is 10.6 Å². The molecule has 0 spiro atoms. The van der Waals surface area contributed by atoms with Crippen molar-refractivity contribution < 1.29 is 4.79 Å². The van der Waals surface area contributed by atoms with Gasteiger partial charge in [-0.25, -0.2) is 4.98 Å². The molecule has 2 fully saturated rings. The summed E-state index contributed by atoms with van der Waals surface area (Å²) in [4.78, 5) is 16.4. The van der Waals surface area contributed by atoms with E-state index in [-0.39, 0.29) is 11.8 Å². The van der Waals surface area contributed by atoms with E-state index in [1.54, 1.807) is 6.20 Å². The fourth-order valence-electron chi connectivity index (χ4n) is 2.94. The number of rotatable bonds is 2. The van der Waals surface area contributed by atoms with Gasteiger partial charge in [-0.3, -0.25) is 4.79 Å². The quantitative estimate of drug-likeness (QED) is 0.810. The van der Waals surface area contributed by atoms with Gasteiger partial charge in [0.05, 0.1) is 5.92 Å². The van der Waals surface area contributed by atoms with Crippen molar-refractivity contribution >= 4 is 11.7 Å². The van der Waals surface area contributed by atoms with Crippen molar-refractivity contribution in [1.29, 1.82) is 0 Å². The van der Waals surface area contributed by atoms with E-state index in [4.69, 9.17) is 0 Å². The first-order valence-corrected chi connectivity index (χ1v) is 6.22. The van der Waals surface area contributed by atoms with Crippen molar-refractivity contribution in [2.75, 3.05) is 5.32 Å². The summed E-state index contributed by atoms with van der Waals surface area (Å²) >= 11 is 0. The minimum atomic E-state index is 0.117. The summed E-state index contributed by atoms with van der Waals surface area (Å²) in [6.45, 7) is 1.96. The Kier molecular flexibility index (Phi) is 2.59. The summed E-state index contributed by atoms with van der Waals surface area (Å²) < 4.78 is 0. The van der Waals surface area contributed by atoms with Crippen LogP contribution in [0.4, 0.5) is 5.82 Å². The zero-order valence-corrected chi connectivity index (χ0v) is 9.94.